The Morgan fingerprint density at radius 2 is 1.82 bits per heavy atom. The van der Waals surface area contributed by atoms with E-state index in [9.17, 15) is 22.4 Å². The van der Waals surface area contributed by atoms with Gasteiger partial charge in [0.1, 0.15) is 5.82 Å². The molecule has 2 rings (SSSR count). The first-order chi connectivity index (χ1) is 10.2. The molecule has 0 saturated carbocycles. The monoisotopic (exact) mass is 332 g/mol. The molecule has 0 atom stereocenters. The molecule has 2 nitrogen and oxygen atoms in total. The lowest BCUT2D eigenvalue weighted by atomic mass is 10.0. The van der Waals surface area contributed by atoms with Gasteiger partial charge in [0, 0.05) is 10.6 Å². The van der Waals surface area contributed by atoms with Crippen molar-refractivity contribution in [2.24, 2.45) is 0 Å². The van der Waals surface area contributed by atoms with Crippen molar-refractivity contribution in [1.29, 1.82) is 0 Å². The highest BCUT2D eigenvalue weighted by Crippen LogP contribution is 2.33. The summed E-state index contributed by atoms with van der Waals surface area (Å²) in [7, 11) is 0. The number of hydrogen-bond donors (Lipinski definition) is 1. The van der Waals surface area contributed by atoms with Crippen LogP contribution in [0.1, 0.15) is 11.1 Å². The van der Waals surface area contributed by atoms with Crippen LogP contribution < -0.4 is 0 Å². The molecule has 0 aliphatic carbocycles. The fourth-order valence-corrected chi connectivity index (χ4v) is 2.19. The Morgan fingerprint density at radius 3 is 2.32 bits per heavy atom. The Bertz CT molecular complexity index is 726. The second-order valence-corrected chi connectivity index (χ2v) is 4.98. The number of rotatable bonds is 3. The summed E-state index contributed by atoms with van der Waals surface area (Å²) in [5.74, 6) is -2.10. The zero-order chi connectivity index (χ0) is 16.5. The third-order valence-electron chi connectivity index (χ3n) is 3.00. The van der Waals surface area contributed by atoms with E-state index in [1.165, 1.54) is 18.2 Å². The van der Waals surface area contributed by atoms with Crippen molar-refractivity contribution in [3.8, 4) is 11.1 Å². The van der Waals surface area contributed by atoms with E-state index in [2.05, 4.69) is 0 Å². The Hall–Kier alpha value is -2.08. The number of carboxylic acid groups (broad SMARTS) is 1. The number of benzene rings is 2. The third-order valence-corrected chi connectivity index (χ3v) is 3.35. The Balaban J connectivity index is 2.40. The summed E-state index contributed by atoms with van der Waals surface area (Å²) in [6, 6.07) is 6.34. The highest BCUT2D eigenvalue weighted by atomic mass is 35.5. The Labute approximate surface area is 128 Å². The number of carbonyl (C=O) groups is 1. The van der Waals surface area contributed by atoms with E-state index >= 15 is 0 Å². The topological polar surface area (TPSA) is 37.3 Å². The SMILES string of the molecule is O=C(O)Cc1ccc(-c2ccc(C(F)(F)F)cc2F)cc1Cl. The highest BCUT2D eigenvalue weighted by Gasteiger charge is 2.31. The fourth-order valence-electron chi connectivity index (χ4n) is 1.95. The van der Waals surface area contributed by atoms with Crippen molar-refractivity contribution < 1.29 is 27.5 Å². The average Bonchev–Trinajstić information content (AvgIpc) is 2.39. The summed E-state index contributed by atoms with van der Waals surface area (Å²) >= 11 is 5.91. The summed E-state index contributed by atoms with van der Waals surface area (Å²) in [6.07, 6.45) is -4.92. The van der Waals surface area contributed by atoms with Gasteiger partial charge in [-0.25, -0.2) is 4.39 Å². The molecule has 0 aliphatic rings. The standard InChI is InChI=1S/C15H9ClF4O2/c16-12-5-8(1-2-9(12)6-14(21)22)11-4-3-10(7-13(11)17)15(18,19)20/h1-5,7H,6H2,(H,21,22). The zero-order valence-electron chi connectivity index (χ0n) is 10.9. The molecule has 0 spiro atoms. The van der Waals surface area contributed by atoms with E-state index in [0.29, 0.717) is 11.6 Å². The quantitative estimate of drug-likeness (QED) is 0.820. The van der Waals surface area contributed by atoms with Crippen LogP contribution in [0.25, 0.3) is 11.1 Å². The maximum absolute atomic E-state index is 13.9. The number of aliphatic carboxylic acids is 1. The van der Waals surface area contributed by atoms with Gasteiger partial charge < -0.3 is 5.11 Å². The van der Waals surface area contributed by atoms with Gasteiger partial charge in [0.25, 0.3) is 0 Å². The van der Waals surface area contributed by atoms with Crippen LogP contribution in [0.2, 0.25) is 5.02 Å². The van der Waals surface area contributed by atoms with Crippen LogP contribution in [0.5, 0.6) is 0 Å². The van der Waals surface area contributed by atoms with Crippen molar-refractivity contribution >= 4 is 17.6 Å². The lowest BCUT2D eigenvalue weighted by molar-refractivity contribution is -0.138. The van der Waals surface area contributed by atoms with Gasteiger partial charge in [-0.15, -0.1) is 0 Å². The minimum Gasteiger partial charge on any atom is -0.481 e. The smallest absolute Gasteiger partial charge is 0.416 e. The molecule has 2 aromatic rings. The predicted molar refractivity (Wildman–Crippen MR) is 73.2 cm³/mol. The highest BCUT2D eigenvalue weighted by molar-refractivity contribution is 6.31. The van der Waals surface area contributed by atoms with Crippen molar-refractivity contribution in [3.63, 3.8) is 0 Å². The normalized spacial score (nSPS) is 11.5. The third kappa shape index (κ3) is 3.57. The van der Waals surface area contributed by atoms with E-state index in [0.717, 1.165) is 12.1 Å². The van der Waals surface area contributed by atoms with Gasteiger partial charge in [0.05, 0.1) is 12.0 Å². The van der Waals surface area contributed by atoms with Crippen LogP contribution >= 0.6 is 11.6 Å². The van der Waals surface area contributed by atoms with Gasteiger partial charge in [-0.3, -0.25) is 4.79 Å². The largest absolute Gasteiger partial charge is 0.481 e. The van der Waals surface area contributed by atoms with E-state index in [4.69, 9.17) is 16.7 Å². The van der Waals surface area contributed by atoms with E-state index in [1.54, 1.807) is 0 Å². The number of halogens is 5. The maximum Gasteiger partial charge on any atom is 0.416 e. The lowest BCUT2D eigenvalue weighted by Crippen LogP contribution is -2.05. The summed E-state index contributed by atoms with van der Waals surface area (Å²) in [6.45, 7) is 0. The number of alkyl halides is 3. The number of carboxylic acids is 1. The zero-order valence-corrected chi connectivity index (χ0v) is 11.7. The molecule has 7 heteroatoms. The summed E-state index contributed by atoms with van der Waals surface area (Å²) in [5, 5.41) is 8.81. The molecule has 0 unspecified atom stereocenters. The lowest BCUT2D eigenvalue weighted by Gasteiger charge is -2.10. The Kier molecular flexibility index (Phi) is 4.42. The second-order valence-electron chi connectivity index (χ2n) is 4.57. The Morgan fingerprint density at radius 1 is 1.14 bits per heavy atom. The van der Waals surface area contributed by atoms with Gasteiger partial charge in [-0.2, -0.15) is 13.2 Å². The first-order valence-electron chi connectivity index (χ1n) is 6.06. The van der Waals surface area contributed by atoms with Crippen LogP contribution in [-0.4, -0.2) is 11.1 Å². The molecule has 0 bridgehead atoms. The first kappa shape index (κ1) is 16.3. The van der Waals surface area contributed by atoms with Crippen molar-refractivity contribution in [2.45, 2.75) is 12.6 Å². The molecule has 0 saturated heterocycles. The minimum absolute atomic E-state index is 0.0447. The molecule has 0 aliphatic heterocycles. The molecule has 0 fully saturated rings. The molecule has 0 aromatic heterocycles. The van der Waals surface area contributed by atoms with E-state index < -0.39 is 23.5 Å². The average molecular weight is 333 g/mol. The molecule has 0 amide bonds. The molecule has 0 heterocycles. The molecular formula is C15H9ClF4O2. The first-order valence-corrected chi connectivity index (χ1v) is 6.43. The summed E-state index contributed by atoms with van der Waals surface area (Å²) in [5.41, 5.74) is -0.519. The molecule has 1 N–H and O–H groups in total. The molecular weight excluding hydrogens is 324 g/mol. The van der Waals surface area contributed by atoms with Crippen LogP contribution in [0, 0.1) is 5.82 Å². The van der Waals surface area contributed by atoms with Gasteiger partial charge in [0.15, 0.2) is 0 Å². The van der Waals surface area contributed by atoms with Crippen LogP contribution in [0.3, 0.4) is 0 Å². The van der Waals surface area contributed by atoms with E-state index in [1.807, 2.05) is 0 Å². The molecule has 116 valence electrons. The minimum atomic E-state index is -4.62. The maximum atomic E-state index is 13.9. The van der Waals surface area contributed by atoms with E-state index in [-0.39, 0.29) is 22.6 Å². The van der Waals surface area contributed by atoms with Crippen molar-refractivity contribution in [2.75, 3.05) is 0 Å². The van der Waals surface area contributed by atoms with Gasteiger partial charge >= 0.3 is 12.1 Å². The van der Waals surface area contributed by atoms with Gasteiger partial charge in [-0.05, 0) is 29.3 Å². The molecule has 0 radical (unpaired) electrons. The molecule has 22 heavy (non-hydrogen) atoms. The van der Waals surface area contributed by atoms with Crippen LogP contribution in [-0.2, 0) is 17.4 Å². The molecule has 2 aromatic carbocycles. The predicted octanol–water partition coefficient (Wildman–Crippen LogP) is 4.79. The van der Waals surface area contributed by atoms with Crippen molar-refractivity contribution in [3.05, 3.63) is 58.4 Å². The van der Waals surface area contributed by atoms with Gasteiger partial charge in [0.2, 0.25) is 0 Å². The summed E-state index contributed by atoms with van der Waals surface area (Å²) in [4.78, 5) is 10.6. The van der Waals surface area contributed by atoms with Gasteiger partial charge in [-0.1, -0.05) is 29.8 Å². The number of hydrogen-bond acceptors (Lipinski definition) is 1. The second kappa shape index (κ2) is 5.96. The van der Waals surface area contributed by atoms with Crippen LogP contribution in [0.4, 0.5) is 17.6 Å². The summed E-state index contributed by atoms with van der Waals surface area (Å²) < 4.78 is 51.4. The van der Waals surface area contributed by atoms with Crippen molar-refractivity contribution in [1.82, 2.24) is 0 Å². The fraction of sp³-hybridized carbons (Fsp3) is 0.133. The van der Waals surface area contributed by atoms with Crippen LogP contribution in [0.15, 0.2) is 36.4 Å².